The van der Waals surface area contributed by atoms with Gasteiger partial charge in [0.05, 0.1) is 15.7 Å². The van der Waals surface area contributed by atoms with E-state index in [2.05, 4.69) is 4.98 Å². The van der Waals surface area contributed by atoms with Crippen LogP contribution in [0.2, 0.25) is 10.0 Å². The minimum Gasteiger partial charge on any atom is -0.486 e. The molecule has 0 aliphatic heterocycles. The Kier molecular flexibility index (Phi) is 3.89. The highest BCUT2D eigenvalue weighted by Crippen LogP contribution is 2.26. The number of rotatable bonds is 3. The predicted octanol–water partition coefficient (Wildman–Crippen LogP) is 3.69. The van der Waals surface area contributed by atoms with Crippen molar-refractivity contribution in [2.45, 2.75) is 6.61 Å². The average molecular weight is 287 g/mol. The molecular formula is C12H9Cl2FN2O. The van der Waals surface area contributed by atoms with E-state index < -0.39 is 5.82 Å². The van der Waals surface area contributed by atoms with Crippen molar-refractivity contribution in [2.24, 2.45) is 0 Å². The highest BCUT2D eigenvalue weighted by molar-refractivity contribution is 6.32. The van der Waals surface area contributed by atoms with E-state index in [1.54, 1.807) is 12.1 Å². The topological polar surface area (TPSA) is 48.1 Å². The van der Waals surface area contributed by atoms with E-state index in [1.165, 1.54) is 18.2 Å². The van der Waals surface area contributed by atoms with E-state index in [9.17, 15) is 4.39 Å². The van der Waals surface area contributed by atoms with E-state index in [4.69, 9.17) is 33.7 Å². The second-order valence-electron chi connectivity index (χ2n) is 3.53. The van der Waals surface area contributed by atoms with Crippen molar-refractivity contribution in [1.29, 1.82) is 0 Å². The lowest BCUT2D eigenvalue weighted by atomic mass is 10.3. The molecule has 2 N–H and O–H groups in total. The molecular weight excluding hydrogens is 278 g/mol. The van der Waals surface area contributed by atoms with Gasteiger partial charge in [0.25, 0.3) is 0 Å². The van der Waals surface area contributed by atoms with E-state index in [1.807, 2.05) is 0 Å². The number of nitrogens with zero attached hydrogens (tertiary/aromatic N) is 1. The maximum atomic E-state index is 12.8. The molecule has 1 aromatic carbocycles. The molecule has 1 heterocycles. The molecule has 3 nitrogen and oxygen atoms in total. The molecule has 0 aliphatic carbocycles. The van der Waals surface area contributed by atoms with Crippen LogP contribution in [-0.4, -0.2) is 4.98 Å². The number of nitrogen functional groups attached to an aromatic ring is 1. The van der Waals surface area contributed by atoms with E-state index in [0.717, 1.165) is 0 Å². The van der Waals surface area contributed by atoms with Crippen LogP contribution in [0.15, 0.2) is 30.3 Å². The van der Waals surface area contributed by atoms with Crippen molar-refractivity contribution in [2.75, 3.05) is 5.73 Å². The van der Waals surface area contributed by atoms with Crippen LogP contribution in [-0.2, 0) is 6.61 Å². The third-order valence-electron chi connectivity index (χ3n) is 2.20. The molecule has 0 aliphatic rings. The van der Waals surface area contributed by atoms with Gasteiger partial charge < -0.3 is 10.5 Å². The summed E-state index contributed by atoms with van der Waals surface area (Å²) in [7, 11) is 0. The van der Waals surface area contributed by atoms with Crippen LogP contribution in [0.1, 0.15) is 5.69 Å². The smallest absolute Gasteiger partial charge is 0.138 e. The van der Waals surface area contributed by atoms with Crippen molar-refractivity contribution in [3.8, 4) is 5.75 Å². The summed E-state index contributed by atoms with van der Waals surface area (Å²) in [5, 5.41) is 0.637. The second kappa shape index (κ2) is 5.42. The molecule has 0 spiro atoms. The minimum absolute atomic E-state index is 0.106. The van der Waals surface area contributed by atoms with Gasteiger partial charge in [0.1, 0.15) is 24.0 Å². The summed E-state index contributed by atoms with van der Waals surface area (Å²) >= 11 is 11.8. The molecule has 94 valence electrons. The third kappa shape index (κ3) is 3.03. The molecule has 0 saturated heterocycles. The summed E-state index contributed by atoms with van der Waals surface area (Å²) in [4.78, 5) is 4.04. The lowest BCUT2D eigenvalue weighted by Gasteiger charge is -2.09. The van der Waals surface area contributed by atoms with Crippen molar-refractivity contribution in [3.63, 3.8) is 0 Å². The van der Waals surface area contributed by atoms with Gasteiger partial charge in [-0.05, 0) is 30.3 Å². The summed E-state index contributed by atoms with van der Waals surface area (Å²) in [5.74, 6) is 0.286. The van der Waals surface area contributed by atoms with Crippen LogP contribution >= 0.6 is 23.2 Å². The number of pyridine rings is 1. The molecule has 0 amide bonds. The number of aromatic nitrogens is 1. The minimum atomic E-state index is -0.424. The number of anilines is 1. The predicted molar refractivity (Wildman–Crippen MR) is 69.4 cm³/mol. The molecule has 0 saturated carbocycles. The van der Waals surface area contributed by atoms with Gasteiger partial charge in [0.15, 0.2) is 0 Å². The molecule has 0 fully saturated rings. The van der Waals surface area contributed by atoms with Gasteiger partial charge in [0.2, 0.25) is 0 Å². The van der Waals surface area contributed by atoms with Gasteiger partial charge in [-0.15, -0.1) is 0 Å². The lowest BCUT2D eigenvalue weighted by molar-refractivity contribution is 0.301. The quantitative estimate of drug-likeness (QED) is 0.936. The van der Waals surface area contributed by atoms with Crippen LogP contribution in [0.4, 0.5) is 10.2 Å². The molecule has 0 atom stereocenters. The van der Waals surface area contributed by atoms with Crippen LogP contribution in [0.25, 0.3) is 0 Å². The first-order chi connectivity index (χ1) is 8.56. The van der Waals surface area contributed by atoms with E-state index in [0.29, 0.717) is 22.3 Å². The lowest BCUT2D eigenvalue weighted by Crippen LogP contribution is -2.02. The maximum Gasteiger partial charge on any atom is 0.138 e. The van der Waals surface area contributed by atoms with Crippen molar-refractivity contribution < 1.29 is 9.13 Å². The third-order valence-corrected chi connectivity index (χ3v) is 2.84. The zero-order valence-corrected chi connectivity index (χ0v) is 10.7. The molecule has 0 radical (unpaired) electrons. The van der Waals surface area contributed by atoms with Crippen LogP contribution in [0.3, 0.4) is 0 Å². The molecule has 2 aromatic rings. The normalized spacial score (nSPS) is 10.4. The van der Waals surface area contributed by atoms with Gasteiger partial charge in [-0.3, -0.25) is 0 Å². The molecule has 1 aromatic heterocycles. The van der Waals surface area contributed by atoms with Crippen LogP contribution in [0, 0.1) is 5.82 Å². The average Bonchev–Trinajstić information content (AvgIpc) is 2.32. The van der Waals surface area contributed by atoms with Gasteiger partial charge in [-0.25, -0.2) is 9.37 Å². The summed E-state index contributed by atoms with van der Waals surface area (Å²) in [6.07, 6.45) is 0. The van der Waals surface area contributed by atoms with Gasteiger partial charge in [0, 0.05) is 0 Å². The zero-order chi connectivity index (χ0) is 13.1. The molecule has 0 bridgehead atoms. The number of benzene rings is 1. The largest absolute Gasteiger partial charge is 0.486 e. The first kappa shape index (κ1) is 12.9. The summed E-state index contributed by atoms with van der Waals surface area (Å²) in [6.45, 7) is 0.106. The van der Waals surface area contributed by atoms with Crippen LogP contribution < -0.4 is 10.5 Å². The second-order valence-corrected chi connectivity index (χ2v) is 4.34. The summed E-state index contributed by atoms with van der Waals surface area (Å²) in [6, 6.07) is 7.10. The fourth-order valence-electron chi connectivity index (χ4n) is 1.34. The Labute approximate surface area is 113 Å². The Morgan fingerprint density at radius 1 is 1.17 bits per heavy atom. The number of hydrogen-bond acceptors (Lipinski definition) is 3. The van der Waals surface area contributed by atoms with Gasteiger partial charge in [-0.2, -0.15) is 0 Å². The Morgan fingerprint density at radius 3 is 2.67 bits per heavy atom. The molecule has 2 rings (SSSR count). The number of hydrogen-bond donors (Lipinski definition) is 1. The fourth-order valence-corrected chi connectivity index (χ4v) is 1.72. The molecule has 18 heavy (non-hydrogen) atoms. The maximum absolute atomic E-state index is 12.8. The van der Waals surface area contributed by atoms with E-state index >= 15 is 0 Å². The Hall–Kier alpha value is -1.52. The number of nitrogens with two attached hydrogens (primary N) is 1. The Morgan fingerprint density at radius 2 is 1.94 bits per heavy atom. The van der Waals surface area contributed by atoms with Crippen molar-refractivity contribution in [3.05, 3.63) is 51.9 Å². The van der Waals surface area contributed by atoms with Crippen LogP contribution in [0.5, 0.6) is 5.75 Å². The highest BCUT2D eigenvalue weighted by atomic mass is 35.5. The molecule has 6 heteroatoms. The first-order valence-electron chi connectivity index (χ1n) is 5.05. The van der Waals surface area contributed by atoms with E-state index in [-0.39, 0.29) is 11.6 Å². The SMILES string of the molecule is Nc1ccc(Cl)c(COc2ccc(F)cc2Cl)n1. The fraction of sp³-hybridized carbons (Fsp3) is 0.0833. The standard InChI is InChI=1S/C12H9Cl2FN2O/c13-8-2-4-12(16)17-10(8)6-18-11-3-1-7(15)5-9(11)14/h1-5H,6H2,(H2,16,17). The Bertz CT molecular complexity index is 578. The highest BCUT2D eigenvalue weighted by Gasteiger charge is 2.07. The summed E-state index contributed by atoms with van der Waals surface area (Å²) < 4.78 is 18.3. The number of ether oxygens (including phenoxy) is 1. The zero-order valence-electron chi connectivity index (χ0n) is 9.16. The Balaban J connectivity index is 2.13. The monoisotopic (exact) mass is 286 g/mol. The van der Waals surface area contributed by atoms with Gasteiger partial charge in [-0.1, -0.05) is 23.2 Å². The molecule has 0 unspecified atom stereocenters. The first-order valence-corrected chi connectivity index (χ1v) is 5.80. The summed E-state index contributed by atoms with van der Waals surface area (Å²) in [5.41, 5.74) is 6.04. The van der Waals surface area contributed by atoms with Gasteiger partial charge >= 0.3 is 0 Å². The van der Waals surface area contributed by atoms with Crippen molar-refractivity contribution >= 4 is 29.0 Å². The number of halogens is 3. The van der Waals surface area contributed by atoms with Crippen molar-refractivity contribution in [1.82, 2.24) is 4.98 Å².